The van der Waals surface area contributed by atoms with E-state index in [9.17, 15) is 9.59 Å². The summed E-state index contributed by atoms with van der Waals surface area (Å²) in [4.78, 5) is 24.7. The van der Waals surface area contributed by atoms with Gasteiger partial charge in [0.05, 0.1) is 0 Å². The van der Waals surface area contributed by atoms with E-state index in [0.717, 1.165) is 0 Å². The van der Waals surface area contributed by atoms with Gasteiger partial charge in [-0.2, -0.15) is 5.26 Å². The zero-order valence-electron chi connectivity index (χ0n) is 7.14. The van der Waals surface area contributed by atoms with Gasteiger partial charge in [-0.3, -0.25) is 9.68 Å². The molecular weight excluding hydrogens is 188 g/mol. The summed E-state index contributed by atoms with van der Waals surface area (Å²) in [6.45, 7) is 0. The molecule has 2 N–H and O–H groups in total. The van der Waals surface area contributed by atoms with Crippen LogP contribution < -0.4 is 0 Å². The first-order valence-electron chi connectivity index (χ1n) is 3.80. The number of aromatic hydroxyl groups is 1. The van der Waals surface area contributed by atoms with Crippen LogP contribution in [-0.2, 0) is 20.9 Å². The van der Waals surface area contributed by atoms with Gasteiger partial charge in [-0.05, 0) is 17.7 Å². The van der Waals surface area contributed by atoms with E-state index in [-0.39, 0.29) is 12.2 Å². The summed E-state index contributed by atoms with van der Waals surface area (Å²) >= 11 is 0. The lowest BCUT2D eigenvalue weighted by atomic mass is 10.1. The maximum Gasteiger partial charge on any atom is 0.408 e. The van der Waals surface area contributed by atoms with Gasteiger partial charge in [-0.25, -0.2) is 4.79 Å². The fraction of sp³-hybridized carbons (Fsp3) is 0.111. The Bertz CT molecular complexity index is 358. The lowest BCUT2D eigenvalue weighted by Crippen LogP contribution is -2.17. The SMILES string of the molecule is O=C(Cc1cccc(O)c1)C(=O)OO. The molecule has 0 atom stereocenters. The van der Waals surface area contributed by atoms with Gasteiger partial charge >= 0.3 is 5.97 Å². The molecule has 1 aromatic carbocycles. The normalized spacial score (nSPS) is 9.50. The maximum atomic E-state index is 10.9. The van der Waals surface area contributed by atoms with Gasteiger partial charge in [0.15, 0.2) is 0 Å². The third kappa shape index (κ3) is 2.56. The zero-order chi connectivity index (χ0) is 10.6. The average molecular weight is 196 g/mol. The molecular formula is C9H8O5. The summed E-state index contributed by atoms with van der Waals surface area (Å²) < 4.78 is 0. The topological polar surface area (TPSA) is 83.8 Å². The summed E-state index contributed by atoms with van der Waals surface area (Å²) in [5.74, 6) is -2.18. The Labute approximate surface area is 79.5 Å². The van der Waals surface area contributed by atoms with Crippen LogP contribution in [0.4, 0.5) is 0 Å². The van der Waals surface area contributed by atoms with E-state index >= 15 is 0 Å². The summed E-state index contributed by atoms with van der Waals surface area (Å²) in [7, 11) is 0. The Morgan fingerprint density at radius 1 is 1.36 bits per heavy atom. The number of phenolic OH excluding ortho intramolecular Hbond substituents is 1. The Morgan fingerprint density at radius 2 is 2.07 bits per heavy atom. The van der Waals surface area contributed by atoms with Crippen molar-refractivity contribution in [3.05, 3.63) is 29.8 Å². The molecule has 0 aliphatic heterocycles. The molecule has 5 heteroatoms. The summed E-state index contributed by atoms with van der Waals surface area (Å²) in [6, 6.07) is 5.91. The van der Waals surface area contributed by atoms with Gasteiger partial charge in [-0.15, -0.1) is 0 Å². The van der Waals surface area contributed by atoms with E-state index in [1.807, 2.05) is 0 Å². The van der Waals surface area contributed by atoms with Crippen LogP contribution in [-0.4, -0.2) is 22.1 Å². The van der Waals surface area contributed by atoms with Crippen LogP contribution in [0.15, 0.2) is 24.3 Å². The Morgan fingerprint density at radius 3 is 2.64 bits per heavy atom. The van der Waals surface area contributed by atoms with Crippen LogP contribution in [0.5, 0.6) is 5.75 Å². The number of hydrogen-bond donors (Lipinski definition) is 2. The average Bonchev–Trinajstić information content (AvgIpc) is 2.16. The molecule has 0 unspecified atom stereocenters. The molecule has 14 heavy (non-hydrogen) atoms. The van der Waals surface area contributed by atoms with Crippen LogP contribution in [0.3, 0.4) is 0 Å². The lowest BCUT2D eigenvalue weighted by molar-refractivity contribution is -0.232. The van der Waals surface area contributed by atoms with Crippen molar-refractivity contribution in [2.45, 2.75) is 6.42 Å². The fourth-order valence-electron chi connectivity index (χ4n) is 0.975. The van der Waals surface area contributed by atoms with Crippen LogP contribution in [0.2, 0.25) is 0 Å². The van der Waals surface area contributed by atoms with Gasteiger partial charge in [-0.1, -0.05) is 12.1 Å². The highest BCUT2D eigenvalue weighted by atomic mass is 17.1. The Balaban J connectivity index is 2.70. The fourth-order valence-corrected chi connectivity index (χ4v) is 0.975. The number of Topliss-reactive ketones (excluding diaryl/α,β-unsaturated/α-hetero) is 1. The Hall–Kier alpha value is -1.88. The zero-order valence-corrected chi connectivity index (χ0v) is 7.14. The molecule has 0 saturated heterocycles. The molecule has 74 valence electrons. The lowest BCUT2D eigenvalue weighted by Gasteiger charge is -1.98. The van der Waals surface area contributed by atoms with Crippen LogP contribution >= 0.6 is 0 Å². The monoisotopic (exact) mass is 196 g/mol. The number of phenols is 1. The largest absolute Gasteiger partial charge is 0.508 e. The van der Waals surface area contributed by atoms with E-state index < -0.39 is 11.8 Å². The minimum Gasteiger partial charge on any atom is -0.508 e. The van der Waals surface area contributed by atoms with Crippen molar-refractivity contribution in [2.24, 2.45) is 0 Å². The molecule has 0 aromatic heterocycles. The third-order valence-corrected chi connectivity index (χ3v) is 1.59. The predicted molar refractivity (Wildman–Crippen MR) is 45.5 cm³/mol. The molecule has 0 fully saturated rings. The van der Waals surface area contributed by atoms with Crippen molar-refractivity contribution in [2.75, 3.05) is 0 Å². The second kappa shape index (κ2) is 4.38. The van der Waals surface area contributed by atoms with Gasteiger partial charge in [0.25, 0.3) is 0 Å². The van der Waals surface area contributed by atoms with Crippen molar-refractivity contribution in [3.8, 4) is 5.75 Å². The molecule has 0 spiro atoms. The summed E-state index contributed by atoms with van der Waals surface area (Å²) in [5, 5.41) is 17.0. The number of benzene rings is 1. The molecule has 0 amide bonds. The minimum absolute atomic E-state index is 0.00710. The number of carbonyl (C=O) groups is 2. The second-order valence-electron chi connectivity index (χ2n) is 2.65. The molecule has 0 aliphatic carbocycles. The highest BCUT2D eigenvalue weighted by Gasteiger charge is 2.15. The van der Waals surface area contributed by atoms with Crippen molar-refractivity contribution in [3.63, 3.8) is 0 Å². The molecule has 0 saturated carbocycles. The van der Waals surface area contributed by atoms with Crippen LogP contribution in [0.25, 0.3) is 0 Å². The standard InChI is InChI=1S/C9H8O5/c10-7-3-1-2-6(4-7)5-8(11)9(12)14-13/h1-4,10,13H,5H2. The first kappa shape index (κ1) is 10.2. The number of ketones is 1. The first-order chi connectivity index (χ1) is 6.63. The molecule has 5 nitrogen and oxygen atoms in total. The third-order valence-electron chi connectivity index (χ3n) is 1.59. The van der Waals surface area contributed by atoms with Crippen molar-refractivity contribution in [1.29, 1.82) is 0 Å². The Kier molecular flexibility index (Phi) is 3.19. The maximum absolute atomic E-state index is 10.9. The molecule has 0 aliphatic rings. The van der Waals surface area contributed by atoms with E-state index in [1.165, 1.54) is 12.1 Å². The predicted octanol–water partition coefficient (Wildman–Crippen LogP) is 0.520. The molecule has 0 heterocycles. The summed E-state index contributed by atoms with van der Waals surface area (Å²) in [5.41, 5.74) is 0.473. The minimum atomic E-state index is -1.31. The van der Waals surface area contributed by atoms with Crippen LogP contribution in [0.1, 0.15) is 5.56 Å². The van der Waals surface area contributed by atoms with E-state index in [4.69, 9.17) is 10.4 Å². The van der Waals surface area contributed by atoms with E-state index in [2.05, 4.69) is 4.89 Å². The van der Waals surface area contributed by atoms with Gasteiger partial charge in [0, 0.05) is 6.42 Å². The molecule has 1 rings (SSSR count). The highest BCUT2D eigenvalue weighted by molar-refractivity contribution is 6.33. The van der Waals surface area contributed by atoms with E-state index in [1.54, 1.807) is 12.1 Å². The van der Waals surface area contributed by atoms with Gasteiger partial charge in [0.2, 0.25) is 5.78 Å². The smallest absolute Gasteiger partial charge is 0.408 e. The molecule has 1 aromatic rings. The molecule has 0 bridgehead atoms. The highest BCUT2D eigenvalue weighted by Crippen LogP contribution is 2.11. The summed E-state index contributed by atoms with van der Waals surface area (Å²) in [6.07, 6.45) is -0.214. The quantitative estimate of drug-likeness (QED) is 0.418. The van der Waals surface area contributed by atoms with Crippen LogP contribution in [0, 0.1) is 0 Å². The van der Waals surface area contributed by atoms with Crippen molar-refractivity contribution in [1.82, 2.24) is 0 Å². The van der Waals surface area contributed by atoms with Gasteiger partial charge in [0.1, 0.15) is 5.75 Å². The number of hydrogen-bond acceptors (Lipinski definition) is 5. The van der Waals surface area contributed by atoms with Crippen molar-refractivity contribution >= 4 is 11.8 Å². The number of rotatable bonds is 3. The second-order valence-corrected chi connectivity index (χ2v) is 2.65. The molecule has 0 radical (unpaired) electrons. The van der Waals surface area contributed by atoms with E-state index in [0.29, 0.717) is 5.56 Å². The van der Waals surface area contributed by atoms with Gasteiger partial charge < -0.3 is 5.11 Å². The number of carbonyl (C=O) groups excluding carboxylic acids is 2. The first-order valence-corrected chi connectivity index (χ1v) is 3.80. The van der Waals surface area contributed by atoms with Crippen molar-refractivity contribution < 1.29 is 24.8 Å².